The summed E-state index contributed by atoms with van der Waals surface area (Å²) >= 11 is 1.54. The third-order valence-corrected chi connectivity index (χ3v) is 8.86. The van der Waals surface area contributed by atoms with Crippen LogP contribution in [0.25, 0.3) is 0 Å². The van der Waals surface area contributed by atoms with E-state index >= 15 is 0 Å². The second-order valence-corrected chi connectivity index (χ2v) is 11.0. The number of fused-ring (bicyclic) bond motifs is 2. The maximum absolute atomic E-state index is 13.8. The smallest absolute Gasteiger partial charge is 0.311 e. The zero-order valence-corrected chi connectivity index (χ0v) is 19.3. The number of hydrogen-bond acceptors (Lipinski definition) is 6. The molecule has 0 aromatic carbocycles. The molecule has 2 fully saturated rings. The number of esters is 1. The fraction of sp³-hybridized carbons (Fsp3) is 0.696. The van der Waals surface area contributed by atoms with Crippen LogP contribution in [0.4, 0.5) is 0 Å². The third kappa shape index (κ3) is 3.33. The van der Waals surface area contributed by atoms with E-state index in [2.05, 4.69) is 6.92 Å². The highest BCUT2D eigenvalue weighted by Gasteiger charge is 2.74. The molecule has 0 aliphatic carbocycles. The second kappa shape index (κ2) is 8.28. The summed E-state index contributed by atoms with van der Waals surface area (Å²) in [6, 6.07) is -1.27. The van der Waals surface area contributed by atoms with Gasteiger partial charge in [0.25, 0.3) is 0 Å². The van der Waals surface area contributed by atoms with Crippen LogP contribution in [0.1, 0.15) is 40.0 Å². The van der Waals surface area contributed by atoms with Crippen LogP contribution in [-0.2, 0) is 19.1 Å². The van der Waals surface area contributed by atoms with Gasteiger partial charge < -0.3 is 19.6 Å². The molecule has 4 aliphatic heterocycles. The van der Waals surface area contributed by atoms with Gasteiger partial charge in [0.05, 0.1) is 35.8 Å². The maximum atomic E-state index is 13.8. The summed E-state index contributed by atoms with van der Waals surface area (Å²) in [6.45, 7) is 6.97. The van der Waals surface area contributed by atoms with Gasteiger partial charge in [0.15, 0.2) is 0 Å². The maximum Gasteiger partial charge on any atom is 0.311 e. The molecular weight excluding hydrogens is 416 g/mol. The Morgan fingerprint density at radius 1 is 1.23 bits per heavy atom. The molecule has 7 nitrogen and oxygen atoms in total. The number of hydrogen-bond donors (Lipinski definition) is 1. The molecule has 1 unspecified atom stereocenters. The number of ether oxygens (including phenoxy) is 1. The van der Waals surface area contributed by atoms with Crippen LogP contribution in [0.3, 0.4) is 0 Å². The lowest BCUT2D eigenvalue weighted by Crippen LogP contribution is -2.56. The molecule has 2 amide bonds. The number of rotatable bonds is 5. The highest BCUT2D eigenvalue weighted by Crippen LogP contribution is 2.65. The Morgan fingerprint density at radius 3 is 2.71 bits per heavy atom. The molecule has 31 heavy (non-hydrogen) atoms. The molecule has 4 rings (SSSR count). The number of amides is 2. The van der Waals surface area contributed by atoms with Crippen molar-refractivity contribution in [2.45, 2.75) is 61.6 Å². The van der Waals surface area contributed by atoms with Crippen LogP contribution in [0, 0.1) is 11.8 Å². The number of thioether (sulfide) groups is 1. The monoisotopic (exact) mass is 448 g/mol. The number of unbranched alkanes of at least 4 members (excludes halogenated alkanes) is 1. The number of carbonyl (C=O) groups is 3. The first kappa shape index (κ1) is 22.4. The molecule has 0 radical (unpaired) electrons. The zero-order chi connectivity index (χ0) is 22.4. The van der Waals surface area contributed by atoms with E-state index in [1.807, 2.05) is 36.1 Å². The minimum Gasteiger partial charge on any atom is -0.465 e. The summed E-state index contributed by atoms with van der Waals surface area (Å²) in [6.07, 6.45) is 10.5. The van der Waals surface area contributed by atoms with E-state index in [1.54, 1.807) is 11.8 Å². The normalized spacial score (nSPS) is 38.2. The minimum atomic E-state index is -0.869. The third-order valence-electron chi connectivity index (χ3n) is 7.06. The van der Waals surface area contributed by atoms with Crippen molar-refractivity contribution in [2.75, 3.05) is 26.3 Å². The first-order valence-corrected chi connectivity index (χ1v) is 12.1. The summed E-state index contributed by atoms with van der Waals surface area (Å²) in [5.74, 6) is -2.10. The molecule has 170 valence electrons. The Kier molecular flexibility index (Phi) is 5.98. The van der Waals surface area contributed by atoms with Crippen molar-refractivity contribution in [3.63, 3.8) is 0 Å². The topological polar surface area (TPSA) is 87.2 Å². The molecule has 0 bridgehead atoms. The van der Waals surface area contributed by atoms with Gasteiger partial charge in [-0.1, -0.05) is 37.6 Å². The molecule has 2 saturated heterocycles. The highest BCUT2D eigenvalue weighted by molar-refractivity contribution is 8.02. The van der Waals surface area contributed by atoms with Gasteiger partial charge >= 0.3 is 5.97 Å². The fourth-order valence-corrected chi connectivity index (χ4v) is 7.73. The lowest BCUT2D eigenvalue weighted by Gasteiger charge is -2.39. The fourth-order valence-electron chi connectivity index (χ4n) is 5.59. The summed E-state index contributed by atoms with van der Waals surface area (Å²) in [4.78, 5) is 44.1. The Bertz CT molecular complexity index is 829. The van der Waals surface area contributed by atoms with Crippen molar-refractivity contribution in [3.8, 4) is 0 Å². The number of likely N-dealkylation sites (tertiary alicyclic amines) is 1. The van der Waals surface area contributed by atoms with E-state index < -0.39 is 33.4 Å². The predicted octanol–water partition coefficient (Wildman–Crippen LogP) is 1.76. The quantitative estimate of drug-likeness (QED) is 0.509. The molecule has 4 aliphatic rings. The van der Waals surface area contributed by atoms with Gasteiger partial charge in [0, 0.05) is 17.8 Å². The van der Waals surface area contributed by atoms with Gasteiger partial charge in [-0.2, -0.15) is 0 Å². The molecular formula is C23H32N2O5S. The average Bonchev–Trinajstić information content (AvgIpc) is 3.06. The van der Waals surface area contributed by atoms with Gasteiger partial charge in [-0.25, -0.2) is 0 Å². The summed E-state index contributed by atoms with van der Waals surface area (Å²) in [7, 11) is 0. The van der Waals surface area contributed by atoms with Gasteiger partial charge in [-0.05, 0) is 26.7 Å². The summed E-state index contributed by atoms with van der Waals surface area (Å²) in [5, 5.41) is 9.90. The zero-order valence-electron chi connectivity index (χ0n) is 18.5. The van der Waals surface area contributed by atoms with Crippen LogP contribution < -0.4 is 0 Å². The van der Waals surface area contributed by atoms with E-state index in [9.17, 15) is 19.5 Å². The minimum absolute atomic E-state index is 0.0997. The molecule has 1 spiro atoms. The SMILES string of the molecule is CCCCN1CC=C[C@]23S[C@]4(C)C=CCCOC(=O)[C@@H]4[C@H]2C(=O)N([C@H](C)CO)C3C1=O. The van der Waals surface area contributed by atoms with Gasteiger partial charge in [0.1, 0.15) is 6.04 Å². The molecule has 0 saturated carbocycles. The molecule has 6 atom stereocenters. The van der Waals surface area contributed by atoms with Crippen molar-refractivity contribution >= 4 is 29.5 Å². The van der Waals surface area contributed by atoms with Gasteiger partial charge in [-0.3, -0.25) is 14.4 Å². The van der Waals surface area contributed by atoms with Crippen LogP contribution in [-0.4, -0.2) is 80.6 Å². The molecule has 0 aromatic heterocycles. The van der Waals surface area contributed by atoms with Crippen LogP contribution in [0.2, 0.25) is 0 Å². The number of aliphatic hydroxyl groups is 1. The molecule has 4 heterocycles. The lowest BCUT2D eigenvalue weighted by atomic mass is 9.74. The van der Waals surface area contributed by atoms with E-state index in [0.717, 1.165) is 12.8 Å². The predicted molar refractivity (Wildman–Crippen MR) is 118 cm³/mol. The lowest BCUT2D eigenvalue weighted by molar-refractivity contribution is -0.154. The Morgan fingerprint density at radius 2 is 2.00 bits per heavy atom. The second-order valence-electron chi connectivity index (χ2n) is 9.17. The Balaban J connectivity index is 1.86. The number of nitrogens with zero attached hydrogens (tertiary/aromatic N) is 2. The van der Waals surface area contributed by atoms with Crippen LogP contribution in [0.5, 0.6) is 0 Å². The number of cyclic esters (lactones) is 1. The average molecular weight is 449 g/mol. The summed E-state index contributed by atoms with van der Waals surface area (Å²) < 4.78 is 3.99. The van der Waals surface area contributed by atoms with Crippen molar-refractivity contribution in [3.05, 3.63) is 24.3 Å². The van der Waals surface area contributed by atoms with E-state index in [0.29, 0.717) is 26.1 Å². The van der Waals surface area contributed by atoms with Crippen LogP contribution in [0.15, 0.2) is 24.3 Å². The largest absolute Gasteiger partial charge is 0.465 e. The number of aliphatic hydroxyl groups excluding tert-OH is 1. The van der Waals surface area contributed by atoms with Crippen molar-refractivity contribution in [2.24, 2.45) is 11.8 Å². The van der Waals surface area contributed by atoms with Crippen LogP contribution >= 0.6 is 11.8 Å². The van der Waals surface area contributed by atoms with E-state index in [-0.39, 0.29) is 24.4 Å². The van der Waals surface area contributed by atoms with E-state index in [4.69, 9.17) is 4.74 Å². The molecule has 1 N–H and O–H groups in total. The van der Waals surface area contributed by atoms with Crippen molar-refractivity contribution in [1.82, 2.24) is 9.80 Å². The van der Waals surface area contributed by atoms with E-state index in [1.165, 1.54) is 11.8 Å². The highest BCUT2D eigenvalue weighted by atomic mass is 32.2. The first-order valence-electron chi connectivity index (χ1n) is 11.2. The summed E-state index contributed by atoms with van der Waals surface area (Å²) in [5.41, 5.74) is 0. The Labute approximate surface area is 187 Å². The Hall–Kier alpha value is -1.80. The van der Waals surface area contributed by atoms with Gasteiger partial charge in [-0.15, -0.1) is 11.8 Å². The standard InChI is InChI=1S/C23H32N2O5S/c1-4-5-11-24-12-8-10-23-16(19(27)25(15(2)14-26)18(23)20(24)28)17-21(29)30-13-7-6-9-22(17,3)31-23/h6,8-10,15-18,26H,4-5,7,11-14H2,1-3H3/t15-,16+,17+,18?,22-,23+/m1/s1. The van der Waals surface area contributed by atoms with Crippen molar-refractivity contribution < 1.29 is 24.2 Å². The molecule has 0 aromatic rings. The number of carbonyl (C=O) groups excluding carboxylic acids is 3. The molecule has 8 heteroatoms. The first-order chi connectivity index (χ1) is 14.8. The van der Waals surface area contributed by atoms with Gasteiger partial charge in [0.2, 0.25) is 11.8 Å². The van der Waals surface area contributed by atoms with Crippen molar-refractivity contribution in [1.29, 1.82) is 0 Å².